The van der Waals surface area contributed by atoms with Crippen LogP contribution >= 0.6 is 0 Å². The molecule has 0 bridgehead atoms. The van der Waals surface area contributed by atoms with Crippen molar-refractivity contribution in [2.45, 2.75) is 19.4 Å². The van der Waals surface area contributed by atoms with Crippen molar-refractivity contribution in [1.82, 2.24) is 4.90 Å². The molecule has 0 spiro atoms. The minimum atomic E-state index is -0.414. The van der Waals surface area contributed by atoms with E-state index in [0.717, 1.165) is 19.5 Å². The summed E-state index contributed by atoms with van der Waals surface area (Å²) in [4.78, 5) is 14.5. The first kappa shape index (κ1) is 16.4. The molecule has 4 heteroatoms. The van der Waals surface area contributed by atoms with Crippen LogP contribution in [0, 0.1) is 5.82 Å². The number of benzene rings is 2. The van der Waals surface area contributed by atoms with E-state index in [4.69, 9.17) is 0 Å². The van der Waals surface area contributed by atoms with Crippen molar-refractivity contribution in [2.24, 2.45) is 0 Å². The van der Waals surface area contributed by atoms with Crippen LogP contribution in [0.3, 0.4) is 0 Å². The second kappa shape index (κ2) is 7.41. The fourth-order valence-corrected chi connectivity index (χ4v) is 2.92. The van der Waals surface area contributed by atoms with Crippen LogP contribution in [0.5, 0.6) is 0 Å². The molecule has 1 unspecified atom stereocenters. The first-order valence-electron chi connectivity index (χ1n) is 8.19. The fraction of sp³-hybridized carbons (Fsp3) is 0.250. The monoisotopic (exact) mass is 324 g/mol. The van der Waals surface area contributed by atoms with E-state index in [1.807, 2.05) is 25.1 Å². The highest BCUT2D eigenvalue weighted by molar-refractivity contribution is 5.94. The summed E-state index contributed by atoms with van der Waals surface area (Å²) >= 11 is 0. The van der Waals surface area contributed by atoms with Gasteiger partial charge in [-0.25, -0.2) is 4.39 Å². The third kappa shape index (κ3) is 3.71. The number of anilines is 1. The number of para-hydroxylation sites is 1. The summed E-state index contributed by atoms with van der Waals surface area (Å²) < 4.78 is 13.7. The molecular weight excluding hydrogens is 303 g/mol. The highest BCUT2D eigenvalue weighted by Crippen LogP contribution is 2.23. The Hall–Kier alpha value is -2.46. The van der Waals surface area contributed by atoms with Crippen molar-refractivity contribution < 1.29 is 9.18 Å². The largest absolute Gasteiger partial charge is 0.322 e. The summed E-state index contributed by atoms with van der Waals surface area (Å²) in [5, 5.41) is 2.67. The van der Waals surface area contributed by atoms with Crippen molar-refractivity contribution in [1.29, 1.82) is 0 Å². The second-order valence-corrected chi connectivity index (χ2v) is 5.99. The maximum absolute atomic E-state index is 13.7. The highest BCUT2D eigenvalue weighted by atomic mass is 19.1. The van der Waals surface area contributed by atoms with Gasteiger partial charge in [0.2, 0.25) is 5.91 Å². The van der Waals surface area contributed by atoms with Crippen LogP contribution in [-0.2, 0) is 4.79 Å². The predicted octanol–water partition coefficient (Wildman–Crippen LogP) is 3.94. The Labute approximate surface area is 141 Å². The maximum atomic E-state index is 13.7. The lowest BCUT2D eigenvalue weighted by Crippen LogP contribution is -2.44. The number of carbonyl (C=O) groups excluding carboxylic acids is 1. The van der Waals surface area contributed by atoms with Crippen molar-refractivity contribution in [3.8, 4) is 0 Å². The van der Waals surface area contributed by atoms with Crippen molar-refractivity contribution in [3.63, 3.8) is 0 Å². The minimum absolute atomic E-state index is 0.184. The van der Waals surface area contributed by atoms with Crippen LogP contribution in [0.1, 0.15) is 18.9 Å². The standard InChI is InChI=1S/C20H21FN2O/c1-15(20(24)22-19-10-6-5-9-18(19)21)23-13-11-17(12-14-23)16-7-3-2-4-8-16/h2-11,15H,12-14H2,1H3,(H,22,24). The Morgan fingerprint density at radius 2 is 1.83 bits per heavy atom. The predicted molar refractivity (Wildman–Crippen MR) is 95.1 cm³/mol. The molecular formula is C20H21FN2O. The topological polar surface area (TPSA) is 32.3 Å². The lowest BCUT2D eigenvalue weighted by molar-refractivity contribution is -0.120. The van der Waals surface area contributed by atoms with Crippen LogP contribution in [0.25, 0.3) is 5.57 Å². The molecule has 24 heavy (non-hydrogen) atoms. The van der Waals surface area contributed by atoms with Crippen molar-refractivity contribution in [3.05, 3.63) is 72.1 Å². The van der Waals surface area contributed by atoms with E-state index in [1.54, 1.807) is 18.2 Å². The molecule has 124 valence electrons. The number of rotatable bonds is 4. The van der Waals surface area contributed by atoms with E-state index in [0.29, 0.717) is 0 Å². The van der Waals surface area contributed by atoms with E-state index in [1.165, 1.54) is 17.2 Å². The molecule has 1 N–H and O–H groups in total. The molecule has 2 aromatic carbocycles. The summed E-state index contributed by atoms with van der Waals surface area (Å²) in [6.07, 6.45) is 3.08. The average molecular weight is 324 g/mol. The van der Waals surface area contributed by atoms with Crippen LogP contribution in [0.4, 0.5) is 10.1 Å². The minimum Gasteiger partial charge on any atom is -0.322 e. The molecule has 3 rings (SSSR count). The first-order chi connectivity index (χ1) is 11.6. The molecule has 1 atom stereocenters. The summed E-state index contributed by atoms with van der Waals surface area (Å²) in [6, 6.07) is 16.2. The summed E-state index contributed by atoms with van der Waals surface area (Å²) in [5.74, 6) is -0.598. The number of nitrogens with one attached hydrogen (secondary N) is 1. The molecule has 0 aliphatic carbocycles. The zero-order valence-corrected chi connectivity index (χ0v) is 13.7. The highest BCUT2D eigenvalue weighted by Gasteiger charge is 2.23. The Morgan fingerprint density at radius 3 is 2.50 bits per heavy atom. The van der Waals surface area contributed by atoms with Crippen LogP contribution in [-0.4, -0.2) is 29.9 Å². The van der Waals surface area contributed by atoms with Gasteiger partial charge in [0.25, 0.3) is 0 Å². The van der Waals surface area contributed by atoms with Gasteiger partial charge in [-0.3, -0.25) is 9.69 Å². The van der Waals surface area contributed by atoms with Gasteiger partial charge in [-0.05, 0) is 36.6 Å². The molecule has 1 amide bonds. The van der Waals surface area contributed by atoms with Crippen LogP contribution in [0.15, 0.2) is 60.7 Å². The summed E-state index contributed by atoms with van der Waals surface area (Å²) in [6.45, 7) is 3.39. The third-order valence-corrected chi connectivity index (χ3v) is 4.44. The number of amides is 1. The molecule has 1 heterocycles. The zero-order valence-electron chi connectivity index (χ0n) is 13.7. The fourth-order valence-electron chi connectivity index (χ4n) is 2.92. The summed E-state index contributed by atoms with van der Waals surface area (Å²) in [5.41, 5.74) is 2.78. The molecule has 0 fully saturated rings. The van der Waals surface area contributed by atoms with E-state index in [-0.39, 0.29) is 17.6 Å². The van der Waals surface area contributed by atoms with Crippen molar-refractivity contribution in [2.75, 3.05) is 18.4 Å². The number of nitrogens with zero attached hydrogens (tertiary/aromatic N) is 1. The average Bonchev–Trinajstić information content (AvgIpc) is 2.64. The maximum Gasteiger partial charge on any atom is 0.241 e. The molecule has 0 radical (unpaired) electrons. The zero-order chi connectivity index (χ0) is 16.9. The number of carbonyl (C=O) groups is 1. The first-order valence-corrected chi connectivity index (χ1v) is 8.19. The molecule has 3 nitrogen and oxygen atoms in total. The summed E-state index contributed by atoms with van der Waals surface area (Å²) in [7, 11) is 0. The third-order valence-electron chi connectivity index (χ3n) is 4.44. The number of hydrogen-bond donors (Lipinski definition) is 1. The van der Waals surface area contributed by atoms with E-state index in [2.05, 4.69) is 28.4 Å². The van der Waals surface area contributed by atoms with E-state index >= 15 is 0 Å². The Morgan fingerprint density at radius 1 is 1.12 bits per heavy atom. The molecule has 0 aromatic heterocycles. The van der Waals surface area contributed by atoms with Crippen LogP contribution < -0.4 is 5.32 Å². The van der Waals surface area contributed by atoms with Gasteiger partial charge in [0.15, 0.2) is 0 Å². The van der Waals surface area contributed by atoms with Crippen molar-refractivity contribution >= 4 is 17.2 Å². The molecule has 2 aromatic rings. The van der Waals surface area contributed by atoms with Gasteiger partial charge in [0, 0.05) is 13.1 Å². The van der Waals surface area contributed by atoms with Gasteiger partial charge < -0.3 is 5.32 Å². The molecule has 1 aliphatic heterocycles. The number of hydrogen-bond acceptors (Lipinski definition) is 2. The SMILES string of the molecule is CC(C(=O)Nc1ccccc1F)N1CC=C(c2ccccc2)CC1. The van der Waals surface area contributed by atoms with E-state index in [9.17, 15) is 9.18 Å². The lowest BCUT2D eigenvalue weighted by atomic mass is 9.99. The van der Waals surface area contributed by atoms with E-state index < -0.39 is 5.82 Å². The smallest absolute Gasteiger partial charge is 0.241 e. The van der Waals surface area contributed by atoms with Crippen LogP contribution in [0.2, 0.25) is 0 Å². The van der Waals surface area contributed by atoms with Gasteiger partial charge in [-0.1, -0.05) is 48.5 Å². The normalized spacial score (nSPS) is 16.3. The van der Waals surface area contributed by atoms with Gasteiger partial charge in [0.1, 0.15) is 5.82 Å². The van der Waals surface area contributed by atoms with Gasteiger partial charge in [-0.2, -0.15) is 0 Å². The molecule has 0 saturated heterocycles. The Kier molecular flexibility index (Phi) is 5.06. The quantitative estimate of drug-likeness (QED) is 0.924. The second-order valence-electron chi connectivity index (χ2n) is 5.99. The van der Waals surface area contributed by atoms with Gasteiger partial charge in [-0.15, -0.1) is 0 Å². The molecule has 1 aliphatic rings. The Balaban J connectivity index is 1.62. The van der Waals surface area contributed by atoms with Gasteiger partial charge >= 0.3 is 0 Å². The lowest BCUT2D eigenvalue weighted by Gasteiger charge is -2.31. The van der Waals surface area contributed by atoms with Gasteiger partial charge in [0.05, 0.1) is 11.7 Å². The Bertz CT molecular complexity index is 742. The molecule has 0 saturated carbocycles. The number of halogens is 1.